The minimum Gasteiger partial charge on any atom is -0.368 e. The zero-order valence-electron chi connectivity index (χ0n) is 8.18. The van der Waals surface area contributed by atoms with E-state index in [9.17, 15) is 4.79 Å². The molecule has 74 valence electrons. The van der Waals surface area contributed by atoms with Crippen LogP contribution in [0.1, 0.15) is 32.6 Å². The van der Waals surface area contributed by atoms with Crippen molar-refractivity contribution < 1.29 is 4.79 Å². The van der Waals surface area contributed by atoms with Gasteiger partial charge in [-0.3, -0.25) is 4.79 Å². The normalized spacial score (nSPS) is 12.0. The molecule has 0 radical (unpaired) electrons. The second kappa shape index (κ2) is 7.63. The van der Waals surface area contributed by atoms with Crippen LogP contribution < -0.4 is 11.1 Å². The summed E-state index contributed by atoms with van der Waals surface area (Å²) in [7, 11) is 0. The van der Waals surface area contributed by atoms with Crippen molar-refractivity contribution in [3.8, 4) is 12.3 Å². The third-order valence-electron chi connectivity index (χ3n) is 1.89. The Kier molecular flexibility index (Phi) is 7.04. The molecule has 0 aliphatic carbocycles. The number of rotatable bonds is 7. The van der Waals surface area contributed by atoms with E-state index in [1.54, 1.807) is 0 Å². The van der Waals surface area contributed by atoms with Crippen LogP contribution in [0, 0.1) is 12.3 Å². The lowest BCUT2D eigenvalue weighted by Crippen LogP contribution is -2.41. The summed E-state index contributed by atoms with van der Waals surface area (Å²) in [6, 6.07) is -0.189. The van der Waals surface area contributed by atoms with E-state index in [4.69, 9.17) is 12.2 Å². The number of nitrogens with one attached hydrogen (secondary N) is 1. The van der Waals surface area contributed by atoms with Gasteiger partial charge in [-0.25, -0.2) is 0 Å². The van der Waals surface area contributed by atoms with Gasteiger partial charge in [-0.15, -0.1) is 12.3 Å². The number of amides is 1. The Bertz CT molecular complexity index is 184. The van der Waals surface area contributed by atoms with Crippen molar-refractivity contribution in [2.45, 2.75) is 38.6 Å². The van der Waals surface area contributed by atoms with E-state index in [1.807, 2.05) is 6.92 Å². The van der Waals surface area contributed by atoms with E-state index in [1.165, 1.54) is 0 Å². The van der Waals surface area contributed by atoms with Crippen LogP contribution in [0.25, 0.3) is 0 Å². The molecular weight excluding hydrogens is 164 g/mol. The molecule has 0 saturated carbocycles. The highest BCUT2D eigenvalue weighted by Crippen LogP contribution is 1.94. The summed E-state index contributed by atoms with van der Waals surface area (Å²) in [5.41, 5.74) is 5.15. The Hall–Kier alpha value is -1.01. The molecule has 0 aromatic heterocycles. The number of nitrogens with two attached hydrogens (primary N) is 1. The summed E-state index contributed by atoms with van der Waals surface area (Å²) >= 11 is 0. The average molecular weight is 182 g/mol. The molecule has 3 heteroatoms. The highest BCUT2D eigenvalue weighted by molar-refractivity contribution is 5.79. The molecule has 0 rings (SSSR count). The molecule has 1 atom stereocenters. The van der Waals surface area contributed by atoms with Crippen LogP contribution in [0.15, 0.2) is 0 Å². The molecule has 0 aliphatic rings. The summed E-state index contributed by atoms with van der Waals surface area (Å²) in [6.07, 6.45) is 8.63. The van der Waals surface area contributed by atoms with E-state index in [2.05, 4.69) is 11.2 Å². The minimum atomic E-state index is -0.278. The molecule has 0 aliphatic heterocycles. The van der Waals surface area contributed by atoms with Crippen LogP contribution in [0.4, 0.5) is 0 Å². The van der Waals surface area contributed by atoms with Gasteiger partial charge in [-0.2, -0.15) is 0 Å². The fraction of sp³-hybridized carbons (Fsp3) is 0.700. The van der Waals surface area contributed by atoms with E-state index in [-0.39, 0.29) is 11.9 Å². The van der Waals surface area contributed by atoms with Crippen LogP contribution in [0.3, 0.4) is 0 Å². The van der Waals surface area contributed by atoms with Crippen molar-refractivity contribution >= 4 is 5.91 Å². The maximum absolute atomic E-state index is 10.8. The highest BCUT2D eigenvalue weighted by atomic mass is 16.1. The van der Waals surface area contributed by atoms with E-state index in [0.717, 1.165) is 32.2 Å². The summed E-state index contributed by atoms with van der Waals surface area (Å²) < 4.78 is 0. The van der Waals surface area contributed by atoms with Gasteiger partial charge in [0.2, 0.25) is 5.91 Å². The second-order valence-corrected chi connectivity index (χ2v) is 2.98. The van der Waals surface area contributed by atoms with Crippen molar-refractivity contribution in [3.63, 3.8) is 0 Å². The second-order valence-electron chi connectivity index (χ2n) is 2.98. The first-order valence-electron chi connectivity index (χ1n) is 4.68. The summed E-state index contributed by atoms with van der Waals surface area (Å²) in [5, 5.41) is 3.08. The van der Waals surface area contributed by atoms with Crippen molar-refractivity contribution in [3.05, 3.63) is 0 Å². The Balaban J connectivity index is 3.40. The number of hydrogen-bond donors (Lipinski definition) is 2. The lowest BCUT2D eigenvalue weighted by Gasteiger charge is -2.12. The number of carbonyl (C=O) groups excluding carboxylic acids is 1. The van der Waals surface area contributed by atoms with Crippen LogP contribution in [-0.4, -0.2) is 18.5 Å². The third-order valence-corrected chi connectivity index (χ3v) is 1.89. The first-order valence-corrected chi connectivity index (χ1v) is 4.68. The van der Waals surface area contributed by atoms with Gasteiger partial charge in [0, 0.05) is 6.42 Å². The maximum Gasteiger partial charge on any atom is 0.234 e. The Labute approximate surface area is 80.1 Å². The monoisotopic (exact) mass is 182 g/mol. The topological polar surface area (TPSA) is 55.1 Å². The fourth-order valence-electron chi connectivity index (χ4n) is 1.07. The highest BCUT2D eigenvalue weighted by Gasteiger charge is 2.10. The van der Waals surface area contributed by atoms with Crippen molar-refractivity contribution in [2.75, 3.05) is 6.54 Å². The molecule has 1 amide bonds. The lowest BCUT2D eigenvalue weighted by molar-refractivity contribution is -0.120. The van der Waals surface area contributed by atoms with Crippen molar-refractivity contribution in [1.82, 2.24) is 5.32 Å². The zero-order chi connectivity index (χ0) is 10.1. The molecule has 0 bridgehead atoms. The molecule has 3 N–H and O–H groups in total. The Morgan fingerprint density at radius 3 is 2.77 bits per heavy atom. The molecule has 13 heavy (non-hydrogen) atoms. The number of unbranched alkanes of at least 4 members (excludes halogenated alkanes) is 2. The molecule has 0 fully saturated rings. The number of carbonyl (C=O) groups is 1. The van der Waals surface area contributed by atoms with Gasteiger partial charge in [0.1, 0.15) is 0 Å². The molecule has 0 aromatic rings. The van der Waals surface area contributed by atoms with Gasteiger partial charge in [0.05, 0.1) is 6.04 Å². The molecule has 3 nitrogen and oxygen atoms in total. The van der Waals surface area contributed by atoms with Crippen LogP contribution in [-0.2, 0) is 4.79 Å². The molecular formula is C10H18N2O. The van der Waals surface area contributed by atoms with Gasteiger partial charge < -0.3 is 11.1 Å². The lowest BCUT2D eigenvalue weighted by atomic mass is 10.2. The molecule has 1 unspecified atom stereocenters. The van der Waals surface area contributed by atoms with Gasteiger partial charge in [-0.1, -0.05) is 6.92 Å². The third kappa shape index (κ3) is 6.18. The molecule has 0 saturated heterocycles. The van der Waals surface area contributed by atoms with Crippen LogP contribution in [0.2, 0.25) is 0 Å². The number of hydrogen-bond acceptors (Lipinski definition) is 2. The molecule has 0 spiro atoms. The number of primary amides is 1. The van der Waals surface area contributed by atoms with E-state index < -0.39 is 0 Å². The Morgan fingerprint density at radius 2 is 2.31 bits per heavy atom. The first-order chi connectivity index (χ1) is 6.22. The van der Waals surface area contributed by atoms with Gasteiger partial charge in [0.15, 0.2) is 0 Å². The molecule has 0 aromatic carbocycles. The Morgan fingerprint density at radius 1 is 1.62 bits per heavy atom. The standard InChI is InChI=1S/C10H18N2O/c1-3-5-6-7-8-12-9(4-2)10(11)13/h1,9,12H,4-8H2,2H3,(H2,11,13). The summed E-state index contributed by atoms with van der Waals surface area (Å²) in [4.78, 5) is 10.8. The van der Waals surface area contributed by atoms with E-state index in [0.29, 0.717) is 0 Å². The predicted molar refractivity (Wildman–Crippen MR) is 54.0 cm³/mol. The van der Waals surface area contributed by atoms with E-state index >= 15 is 0 Å². The van der Waals surface area contributed by atoms with Crippen molar-refractivity contribution in [1.29, 1.82) is 0 Å². The van der Waals surface area contributed by atoms with Crippen LogP contribution >= 0.6 is 0 Å². The number of terminal acetylenes is 1. The molecule has 0 heterocycles. The quantitative estimate of drug-likeness (QED) is 0.448. The van der Waals surface area contributed by atoms with Gasteiger partial charge in [-0.05, 0) is 25.8 Å². The average Bonchev–Trinajstić information content (AvgIpc) is 2.10. The summed E-state index contributed by atoms with van der Waals surface area (Å²) in [6.45, 7) is 2.74. The van der Waals surface area contributed by atoms with Crippen molar-refractivity contribution in [2.24, 2.45) is 5.73 Å². The fourth-order valence-corrected chi connectivity index (χ4v) is 1.07. The van der Waals surface area contributed by atoms with Gasteiger partial charge >= 0.3 is 0 Å². The SMILES string of the molecule is C#CCCCCNC(CC)C(N)=O. The van der Waals surface area contributed by atoms with Crippen LogP contribution in [0.5, 0.6) is 0 Å². The summed E-state index contributed by atoms with van der Waals surface area (Å²) in [5.74, 6) is 2.29. The van der Waals surface area contributed by atoms with Gasteiger partial charge in [0.25, 0.3) is 0 Å². The first kappa shape index (κ1) is 12.0. The predicted octanol–water partition coefficient (Wildman–Crippen LogP) is 0.643. The smallest absolute Gasteiger partial charge is 0.234 e. The largest absolute Gasteiger partial charge is 0.368 e. The zero-order valence-corrected chi connectivity index (χ0v) is 8.18. The minimum absolute atomic E-state index is 0.189. The maximum atomic E-state index is 10.8.